The quantitative estimate of drug-likeness (QED) is 0.318. The number of hydrogen-bond donors (Lipinski definition) is 2. The second kappa shape index (κ2) is 8.67. The highest BCUT2D eigenvalue weighted by molar-refractivity contribution is 6.06. The van der Waals surface area contributed by atoms with Gasteiger partial charge in [0, 0.05) is 22.5 Å². The molecule has 4 aromatic carbocycles. The monoisotopic (exact) mass is 470 g/mol. The molecule has 1 aliphatic heterocycles. The van der Waals surface area contributed by atoms with E-state index in [0.717, 1.165) is 34.2 Å². The molecule has 5 atom stereocenters. The average Bonchev–Trinajstić information content (AvgIpc) is 3.57. The Bertz CT molecular complexity index is 1410. The van der Waals surface area contributed by atoms with Crippen molar-refractivity contribution >= 4 is 17.3 Å². The van der Waals surface area contributed by atoms with Crippen LogP contribution in [0.2, 0.25) is 0 Å². The molecule has 2 N–H and O–H groups in total. The number of benzene rings is 4. The number of rotatable bonds is 4. The lowest BCUT2D eigenvalue weighted by atomic mass is 9.68. The van der Waals surface area contributed by atoms with Crippen LogP contribution in [0.25, 0.3) is 11.1 Å². The normalized spacial score (nSPS) is 25.5. The number of hydrogen-bond acceptors (Lipinski definition) is 2. The molecule has 3 heteroatoms. The smallest absolute Gasteiger partial charge is 0.255 e. The lowest BCUT2D eigenvalue weighted by Crippen LogP contribution is -2.35. The Hall–Kier alpha value is -3.85. The first-order chi connectivity index (χ1) is 17.8. The fourth-order valence-corrected chi connectivity index (χ4v) is 7.27. The Labute approximate surface area is 212 Å². The highest BCUT2D eigenvalue weighted by Crippen LogP contribution is 2.63. The fourth-order valence-electron chi connectivity index (χ4n) is 7.27. The molecule has 0 aromatic heterocycles. The van der Waals surface area contributed by atoms with Gasteiger partial charge < -0.3 is 10.6 Å². The Kier molecular flexibility index (Phi) is 5.16. The zero-order valence-electron chi connectivity index (χ0n) is 20.2. The second-order valence-corrected chi connectivity index (χ2v) is 10.6. The van der Waals surface area contributed by atoms with Gasteiger partial charge in [-0.15, -0.1) is 0 Å². The van der Waals surface area contributed by atoms with Gasteiger partial charge in [0.1, 0.15) is 0 Å². The molecule has 3 nitrogen and oxygen atoms in total. The minimum absolute atomic E-state index is 0.0499. The maximum atomic E-state index is 13.5. The number of anilines is 2. The van der Waals surface area contributed by atoms with Crippen LogP contribution in [0.15, 0.2) is 103 Å². The summed E-state index contributed by atoms with van der Waals surface area (Å²) in [5.41, 5.74) is 7.61. The van der Waals surface area contributed by atoms with Crippen LogP contribution < -0.4 is 10.6 Å². The number of carbonyl (C=O) groups is 1. The van der Waals surface area contributed by atoms with Gasteiger partial charge in [0.2, 0.25) is 0 Å². The van der Waals surface area contributed by atoms with Gasteiger partial charge >= 0.3 is 0 Å². The van der Waals surface area contributed by atoms with Gasteiger partial charge in [-0.2, -0.15) is 0 Å². The van der Waals surface area contributed by atoms with Gasteiger partial charge in [-0.3, -0.25) is 4.79 Å². The molecule has 7 rings (SSSR count). The minimum atomic E-state index is -0.0499. The lowest BCUT2D eigenvalue weighted by Gasteiger charge is -2.43. The highest BCUT2D eigenvalue weighted by Gasteiger charge is 2.53. The molecular formula is C33H30N2O. The molecule has 2 saturated carbocycles. The van der Waals surface area contributed by atoms with Gasteiger partial charge in [-0.1, -0.05) is 78.9 Å². The third-order valence-electron chi connectivity index (χ3n) is 8.77. The topological polar surface area (TPSA) is 41.1 Å². The van der Waals surface area contributed by atoms with Crippen LogP contribution in [0.3, 0.4) is 0 Å². The lowest BCUT2D eigenvalue weighted by molar-refractivity contribution is 0.102. The van der Waals surface area contributed by atoms with Crippen LogP contribution in [0.1, 0.15) is 52.7 Å². The van der Waals surface area contributed by atoms with Crippen LogP contribution >= 0.6 is 0 Å². The summed E-state index contributed by atoms with van der Waals surface area (Å²) in [6.45, 7) is 0. The first-order valence-electron chi connectivity index (χ1n) is 13.2. The van der Waals surface area contributed by atoms with Crippen LogP contribution in [0, 0.1) is 17.8 Å². The molecule has 0 unspecified atom stereocenters. The van der Waals surface area contributed by atoms with Crippen molar-refractivity contribution in [2.75, 3.05) is 10.6 Å². The maximum Gasteiger partial charge on any atom is 0.255 e. The summed E-state index contributed by atoms with van der Waals surface area (Å²) in [6.07, 6.45) is 3.97. The van der Waals surface area contributed by atoms with Crippen LogP contribution in [0.5, 0.6) is 0 Å². The predicted octanol–water partition coefficient (Wildman–Crippen LogP) is 7.90. The first-order valence-corrected chi connectivity index (χ1v) is 13.2. The number of amides is 1. The molecule has 2 fully saturated rings. The van der Waals surface area contributed by atoms with E-state index in [1.54, 1.807) is 0 Å². The van der Waals surface area contributed by atoms with E-state index in [4.69, 9.17) is 0 Å². The van der Waals surface area contributed by atoms with E-state index < -0.39 is 0 Å². The van der Waals surface area contributed by atoms with Crippen LogP contribution in [0.4, 0.5) is 11.4 Å². The summed E-state index contributed by atoms with van der Waals surface area (Å²) in [4.78, 5) is 13.5. The molecule has 1 heterocycles. The molecule has 0 saturated heterocycles. The summed E-state index contributed by atoms with van der Waals surface area (Å²) < 4.78 is 0. The molecule has 2 aliphatic carbocycles. The van der Waals surface area contributed by atoms with Crippen molar-refractivity contribution in [3.8, 4) is 11.1 Å². The van der Waals surface area contributed by atoms with Crippen LogP contribution in [-0.2, 0) is 0 Å². The van der Waals surface area contributed by atoms with Gasteiger partial charge in [0.05, 0.1) is 6.04 Å². The zero-order valence-corrected chi connectivity index (χ0v) is 20.2. The Balaban J connectivity index is 1.22. The number of nitrogens with one attached hydrogen (secondary N) is 2. The van der Waals surface area contributed by atoms with Crippen molar-refractivity contribution in [2.45, 2.75) is 31.2 Å². The summed E-state index contributed by atoms with van der Waals surface area (Å²) in [5.74, 6) is 2.56. The number of carbonyl (C=O) groups excluding carboxylic acids is 1. The SMILES string of the molecule is O=C(Nc1ccccc1-c1ccccc1)c1ccc2c(c1)[C@@H]1[C@H]3CC[C@@H](C3)[C@@H]1[C@@H](c1ccccc1)N2. The van der Waals surface area contributed by atoms with Crippen molar-refractivity contribution in [1.29, 1.82) is 0 Å². The third-order valence-corrected chi connectivity index (χ3v) is 8.77. The van der Waals surface area contributed by atoms with E-state index >= 15 is 0 Å². The molecular weight excluding hydrogens is 440 g/mol. The van der Waals surface area contributed by atoms with E-state index in [0.29, 0.717) is 17.9 Å². The Morgan fingerprint density at radius 2 is 1.50 bits per heavy atom. The Morgan fingerprint density at radius 3 is 2.33 bits per heavy atom. The summed E-state index contributed by atoms with van der Waals surface area (Å²) in [5, 5.41) is 7.09. The van der Waals surface area contributed by atoms with Crippen molar-refractivity contribution in [3.05, 3.63) is 120 Å². The summed E-state index contributed by atoms with van der Waals surface area (Å²) >= 11 is 0. The van der Waals surface area contributed by atoms with E-state index in [1.807, 2.05) is 42.5 Å². The molecule has 4 aromatic rings. The molecule has 2 bridgehead atoms. The minimum Gasteiger partial charge on any atom is -0.378 e. The molecule has 36 heavy (non-hydrogen) atoms. The second-order valence-electron chi connectivity index (χ2n) is 10.6. The van der Waals surface area contributed by atoms with E-state index in [9.17, 15) is 4.79 Å². The van der Waals surface area contributed by atoms with Gasteiger partial charge in [0.15, 0.2) is 0 Å². The van der Waals surface area contributed by atoms with Crippen LogP contribution in [-0.4, -0.2) is 5.91 Å². The first kappa shape index (κ1) is 21.4. The fraction of sp³-hybridized carbons (Fsp3) is 0.242. The number of para-hydroxylation sites is 1. The predicted molar refractivity (Wildman–Crippen MR) is 146 cm³/mol. The van der Waals surface area contributed by atoms with Crippen molar-refractivity contribution in [1.82, 2.24) is 0 Å². The highest BCUT2D eigenvalue weighted by atomic mass is 16.1. The molecule has 3 aliphatic rings. The molecule has 0 spiro atoms. The van der Waals surface area contributed by atoms with Gasteiger partial charge in [-0.25, -0.2) is 0 Å². The standard InChI is InChI=1S/C33H30N2O/c36-33(35-28-14-8-7-13-26(28)21-9-3-1-4-10-21)25-17-18-29-27(20-25)30-23-15-16-24(19-23)31(30)32(34-29)22-11-5-2-6-12-22/h1-14,17-18,20,23-24,30-32,34H,15-16,19H2,(H,35,36)/t23-,24-,30-,31-,32+/m0/s1. The van der Waals surface area contributed by atoms with Crippen molar-refractivity contribution in [3.63, 3.8) is 0 Å². The number of fused-ring (bicyclic) bond motifs is 7. The van der Waals surface area contributed by atoms with Gasteiger partial charge in [0.25, 0.3) is 5.91 Å². The molecule has 178 valence electrons. The van der Waals surface area contributed by atoms with E-state index in [1.165, 1.54) is 36.1 Å². The van der Waals surface area contributed by atoms with Gasteiger partial charge in [-0.05, 0) is 83.9 Å². The molecule has 1 amide bonds. The van der Waals surface area contributed by atoms with Crippen molar-refractivity contribution < 1.29 is 4.79 Å². The largest absolute Gasteiger partial charge is 0.378 e. The molecule has 0 radical (unpaired) electrons. The third kappa shape index (κ3) is 3.53. The van der Waals surface area contributed by atoms with Crippen molar-refractivity contribution in [2.24, 2.45) is 17.8 Å². The Morgan fingerprint density at radius 1 is 0.778 bits per heavy atom. The zero-order chi connectivity index (χ0) is 24.1. The van der Waals surface area contributed by atoms with E-state index in [-0.39, 0.29) is 5.91 Å². The van der Waals surface area contributed by atoms with E-state index in [2.05, 4.69) is 71.3 Å². The summed E-state index contributed by atoms with van der Waals surface area (Å²) in [6, 6.07) is 35.8. The summed E-state index contributed by atoms with van der Waals surface area (Å²) in [7, 11) is 0. The maximum absolute atomic E-state index is 13.5. The average molecular weight is 471 g/mol.